The Bertz CT molecular complexity index is 978. The van der Waals surface area contributed by atoms with Gasteiger partial charge >= 0.3 is 0 Å². The van der Waals surface area contributed by atoms with Gasteiger partial charge in [-0.15, -0.1) is 0 Å². The fraction of sp³-hybridized carbons (Fsp3) is 0.286. The van der Waals surface area contributed by atoms with Crippen LogP contribution in [0.1, 0.15) is 46.4 Å². The van der Waals surface area contributed by atoms with Gasteiger partial charge in [-0.3, -0.25) is 4.79 Å². The van der Waals surface area contributed by atoms with Crippen molar-refractivity contribution in [2.45, 2.75) is 32.7 Å². The third-order valence-electron chi connectivity index (χ3n) is 5.00. The Balaban J connectivity index is 1.57. The number of nitrogen functional groups attached to an aromatic ring is 1. The maximum atomic E-state index is 13.0. The van der Waals surface area contributed by atoms with Crippen molar-refractivity contribution in [3.05, 3.63) is 65.2 Å². The molecule has 1 aliphatic rings. The molecule has 6 nitrogen and oxygen atoms in total. The average Bonchev–Trinajstić information content (AvgIpc) is 3.30. The van der Waals surface area contributed by atoms with Gasteiger partial charge in [-0.1, -0.05) is 17.3 Å². The standard InChI is InChI=1S/C21H22N4O2/c1-13-5-10-17(20(22)23-13)15-6-8-16(9-7-15)21(26)25-11-3-4-18(25)19-12-14(2)24-27-19/h5-10,12,18H,3-4,11H2,1-2H3,(H2,22,23)/t18-/m1/s1. The van der Waals surface area contributed by atoms with Crippen LogP contribution in [-0.4, -0.2) is 27.5 Å². The number of aryl methyl sites for hydroxylation is 2. The summed E-state index contributed by atoms with van der Waals surface area (Å²) in [5.74, 6) is 1.26. The van der Waals surface area contributed by atoms with E-state index in [1.807, 2.05) is 61.2 Å². The van der Waals surface area contributed by atoms with Gasteiger partial charge in [0.05, 0.1) is 11.7 Å². The lowest BCUT2D eigenvalue weighted by Crippen LogP contribution is -2.30. The molecule has 0 spiro atoms. The number of anilines is 1. The van der Waals surface area contributed by atoms with E-state index in [0.29, 0.717) is 11.4 Å². The van der Waals surface area contributed by atoms with Crippen LogP contribution in [0.4, 0.5) is 5.82 Å². The summed E-state index contributed by atoms with van der Waals surface area (Å²) in [5, 5.41) is 3.96. The first-order valence-corrected chi connectivity index (χ1v) is 9.10. The predicted octanol–water partition coefficient (Wildman–Crippen LogP) is 3.91. The minimum Gasteiger partial charge on any atom is -0.383 e. The summed E-state index contributed by atoms with van der Waals surface area (Å²) in [6, 6.07) is 13.3. The molecule has 1 amide bonds. The van der Waals surface area contributed by atoms with E-state index in [0.717, 1.165) is 47.7 Å². The van der Waals surface area contributed by atoms with E-state index in [1.165, 1.54) is 0 Å². The van der Waals surface area contributed by atoms with Crippen molar-refractivity contribution in [2.75, 3.05) is 12.3 Å². The smallest absolute Gasteiger partial charge is 0.254 e. The highest BCUT2D eigenvalue weighted by Gasteiger charge is 2.33. The predicted molar refractivity (Wildman–Crippen MR) is 103 cm³/mol. The molecule has 3 aromatic rings. The van der Waals surface area contributed by atoms with Gasteiger partial charge < -0.3 is 15.2 Å². The van der Waals surface area contributed by atoms with Crippen LogP contribution in [0.3, 0.4) is 0 Å². The zero-order chi connectivity index (χ0) is 19.0. The SMILES string of the molecule is Cc1cc([C@H]2CCCN2C(=O)c2ccc(-c3ccc(C)nc3N)cc2)on1. The molecule has 0 saturated carbocycles. The number of hydrogen-bond donors (Lipinski definition) is 1. The quantitative estimate of drug-likeness (QED) is 0.763. The van der Waals surface area contributed by atoms with Crippen LogP contribution < -0.4 is 5.73 Å². The van der Waals surface area contributed by atoms with Crippen molar-refractivity contribution in [1.29, 1.82) is 0 Å². The van der Waals surface area contributed by atoms with Gasteiger partial charge in [0.15, 0.2) is 5.76 Å². The van der Waals surface area contributed by atoms with E-state index < -0.39 is 0 Å². The largest absolute Gasteiger partial charge is 0.383 e. The number of carbonyl (C=O) groups excluding carboxylic acids is 1. The second-order valence-corrected chi connectivity index (χ2v) is 6.99. The Labute approximate surface area is 158 Å². The first kappa shape index (κ1) is 17.3. The highest BCUT2D eigenvalue weighted by Crippen LogP contribution is 2.34. The lowest BCUT2D eigenvalue weighted by Gasteiger charge is -2.22. The topological polar surface area (TPSA) is 85.2 Å². The zero-order valence-corrected chi connectivity index (χ0v) is 15.5. The van der Waals surface area contributed by atoms with Crippen molar-refractivity contribution in [1.82, 2.24) is 15.0 Å². The Kier molecular flexibility index (Phi) is 4.39. The van der Waals surface area contributed by atoms with Crippen LogP contribution in [-0.2, 0) is 0 Å². The van der Waals surface area contributed by atoms with Crippen LogP contribution in [0.5, 0.6) is 0 Å². The van der Waals surface area contributed by atoms with Crippen molar-refractivity contribution in [3.63, 3.8) is 0 Å². The molecule has 0 bridgehead atoms. The molecule has 4 rings (SSSR count). The van der Waals surface area contributed by atoms with Crippen molar-refractivity contribution in [3.8, 4) is 11.1 Å². The van der Waals surface area contributed by atoms with Crippen LogP contribution >= 0.6 is 0 Å². The Morgan fingerprint density at radius 3 is 2.59 bits per heavy atom. The molecular formula is C21H22N4O2. The molecule has 0 aliphatic carbocycles. The lowest BCUT2D eigenvalue weighted by atomic mass is 10.0. The molecule has 0 radical (unpaired) electrons. The first-order valence-electron chi connectivity index (χ1n) is 9.10. The first-order chi connectivity index (χ1) is 13.0. The number of pyridine rings is 1. The van der Waals surface area contributed by atoms with Crippen LogP contribution in [0.25, 0.3) is 11.1 Å². The third kappa shape index (κ3) is 3.30. The van der Waals surface area contributed by atoms with Gasteiger partial charge in [0.2, 0.25) is 0 Å². The van der Waals surface area contributed by atoms with Crippen molar-refractivity contribution in [2.24, 2.45) is 0 Å². The lowest BCUT2D eigenvalue weighted by molar-refractivity contribution is 0.0714. The molecule has 2 aromatic heterocycles. The normalized spacial score (nSPS) is 16.7. The second-order valence-electron chi connectivity index (χ2n) is 6.99. The van der Waals surface area contributed by atoms with Gasteiger partial charge in [-0.25, -0.2) is 4.98 Å². The number of likely N-dealkylation sites (tertiary alicyclic amines) is 1. The third-order valence-corrected chi connectivity index (χ3v) is 5.00. The number of carbonyl (C=O) groups is 1. The molecule has 27 heavy (non-hydrogen) atoms. The summed E-state index contributed by atoms with van der Waals surface area (Å²) < 4.78 is 5.40. The van der Waals surface area contributed by atoms with Gasteiger partial charge in [0.1, 0.15) is 5.82 Å². The maximum Gasteiger partial charge on any atom is 0.254 e. The summed E-state index contributed by atoms with van der Waals surface area (Å²) >= 11 is 0. The molecule has 1 aliphatic heterocycles. The fourth-order valence-electron chi connectivity index (χ4n) is 3.63. The minimum absolute atomic E-state index is 0.00751. The Hall–Kier alpha value is -3.15. The van der Waals surface area contributed by atoms with Crippen LogP contribution in [0, 0.1) is 13.8 Å². The van der Waals surface area contributed by atoms with E-state index in [9.17, 15) is 4.79 Å². The van der Waals surface area contributed by atoms with Crippen LogP contribution in [0.2, 0.25) is 0 Å². The number of nitrogens with two attached hydrogens (primary N) is 1. The number of amides is 1. The van der Waals surface area contributed by atoms with Gasteiger partial charge in [0.25, 0.3) is 5.91 Å². The summed E-state index contributed by atoms with van der Waals surface area (Å²) in [5.41, 5.74) is 10.2. The second kappa shape index (κ2) is 6.87. The molecule has 1 aromatic carbocycles. The number of nitrogens with zero attached hydrogens (tertiary/aromatic N) is 3. The van der Waals surface area contributed by atoms with Gasteiger partial charge in [-0.2, -0.15) is 0 Å². The fourth-order valence-corrected chi connectivity index (χ4v) is 3.63. The van der Waals surface area contributed by atoms with E-state index in [1.54, 1.807) is 0 Å². The molecule has 0 unspecified atom stereocenters. The summed E-state index contributed by atoms with van der Waals surface area (Å²) in [7, 11) is 0. The number of rotatable bonds is 3. The Morgan fingerprint density at radius 2 is 1.93 bits per heavy atom. The molecule has 1 fully saturated rings. The highest BCUT2D eigenvalue weighted by molar-refractivity contribution is 5.95. The Morgan fingerprint density at radius 1 is 1.15 bits per heavy atom. The number of aromatic nitrogens is 2. The van der Waals surface area contributed by atoms with Crippen molar-refractivity contribution < 1.29 is 9.32 Å². The summed E-state index contributed by atoms with van der Waals surface area (Å²) in [4.78, 5) is 19.2. The van der Waals surface area contributed by atoms with Crippen LogP contribution in [0.15, 0.2) is 47.0 Å². The van der Waals surface area contributed by atoms with Gasteiger partial charge in [-0.05, 0) is 56.5 Å². The molecule has 138 valence electrons. The minimum atomic E-state index is -0.0460. The average molecular weight is 362 g/mol. The molecule has 3 heterocycles. The zero-order valence-electron chi connectivity index (χ0n) is 15.5. The van der Waals surface area contributed by atoms with E-state index in [2.05, 4.69) is 10.1 Å². The monoisotopic (exact) mass is 362 g/mol. The number of hydrogen-bond acceptors (Lipinski definition) is 5. The molecule has 6 heteroatoms. The number of benzene rings is 1. The molecular weight excluding hydrogens is 340 g/mol. The maximum absolute atomic E-state index is 13.0. The van der Waals surface area contributed by atoms with E-state index in [4.69, 9.17) is 10.3 Å². The van der Waals surface area contributed by atoms with E-state index in [-0.39, 0.29) is 11.9 Å². The summed E-state index contributed by atoms with van der Waals surface area (Å²) in [6.45, 7) is 4.52. The molecule has 2 N–H and O–H groups in total. The summed E-state index contributed by atoms with van der Waals surface area (Å²) in [6.07, 6.45) is 1.85. The van der Waals surface area contributed by atoms with E-state index >= 15 is 0 Å². The van der Waals surface area contributed by atoms with Crippen molar-refractivity contribution >= 4 is 11.7 Å². The molecule has 1 atom stereocenters. The highest BCUT2D eigenvalue weighted by atomic mass is 16.5. The van der Waals surface area contributed by atoms with Gasteiger partial charge in [0, 0.05) is 29.4 Å². The molecule has 1 saturated heterocycles.